The van der Waals surface area contributed by atoms with Gasteiger partial charge < -0.3 is 14.5 Å². The molecule has 21 heavy (non-hydrogen) atoms. The first-order valence-corrected chi connectivity index (χ1v) is 8.08. The van der Waals surface area contributed by atoms with Crippen molar-refractivity contribution in [3.63, 3.8) is 0 Å². The second-order valence-electron chi connectivity index (χ2n) is 6.00. The molecule has 0 aliphatic heterocycles. The van der Waals surface area contributed by atoms with Crippen LogP contribution in [0.5, 0.6) is 0 Å². The van der Waals surface area contributed by atoms with Gasteiger partial charge in [-0.2, -0.15) is 0 Å². The molecule has 4 nitrogen and oxygen atoms in total. The van der Waals surface area contributed by atoms with Crippen LogP contribution < -0.4 is 5.32 Å². The molecule has 1 heterocycles. The van der Waals surface area contributed by atoms with Crippen molar-refractivity contribution in [1.29, 1.82) is 0 Å². The number of rotatable bonds is 7. The number of esters is 1. The van der Waals surface area contributed by atoms with E-state index in [-0.39, 0.29) is 11.5 Å². The molecule has 1 aromatic rings. The van der Waals surface area contributed by atoms with E-state index in [1.165, 1.54) is 32.8 Å². The molecule has 1 atom stereocenters. The van der Waals surface area contributed by atoms with Crippen molar-refractivity contribution in [3.8, 4) is 0 Å². The third-order valence-corrected chi connectivity index (χ3v) is 4.81. The fourth-order valence-corrected chi connectivity index (χ4v) is 3.55. The summed E-state index contributed by atoms with van der Waals surface area (Å²) in [6.07, 6.45) is 7.22. The molecule has 0 radical (unpaired) electrons. The monoisotopic (exact) mass is 293 g/mol. The van der Waals surface area contributed by atoms with E-state index in [9.17, 15) is 4.79 Å². The molecule has 0 spiro atoms. The molecule has 2 rings (SSSR count). The number of hydrogen-bond donors (Lipinski definition) is 1. The number of carbonyl (C=O) groups excluding carboxylic acids is 1. The largest absolute Gasteiger partial charge is 0.463 e. The van der Waals surface area contributed by atoms with E-state index in [1.54, 1.807) is 6.07 Å². The summed E-state index contributed by atoms with van der Waals surface area (Å²) in [6, 6.07) is 3.83. The molecule has 4 heteroatoms. The maximum Gasteiger partial charge on any atom is 0.373 e. The minimum absolute atomic E-state index is 0.184. The van der Waals surface area contributed by atoms with Gasteiger partial charge in [-0.1, -0.05) is 26.7 Å². The SMILES string of the molecule is CCCNC(c1ccc(C(=O)OC)o1)C1(CC)CCCC1. The molecule has 0 saturated heterocycles. The van der Waals surface area contributed by atoms with Gasteiger partial charge in [0.2, 0.25) is 5.76 Å². The summed E-state index contributed by atoms with van der Waals surface area (Å²) in [4.78, 5) is 11.6. The Bertz CT molecular complexity index is 460. The summed E-state index contributed by atoms with van der Waals surface area (Å²) in [5, 5.41) is 3.64. The van der Waals surface area contributed by atoms with E-state index in [2.05, 4.69) is 19.2 Å². The van der Waals surface area contributed by atoms with E-state index in [4.69, 9.17) is 9.15 Å². The van der Waals surface area contributed by atoms with Crippen molar-refractivity contribution < 1.29 is 13.9 Å². The summed E-state index contributed by atoms with van der Waals surface area (Å²) in [5.41, 5.74) is 0.250. The van der Waals surface area contributed by atoms with Crippen LogP contribution in [0.1, 0.15) is 74.7 Å². The van der Waals surface area contributed by atoms with Gasteiger partial charge in [-0.25, -0.2) is 4.79 Å². The average Bonchev–Trinajstić information content (AvgIpc) is 3.17. The Morgan fingerprint density at radius 1 is 1.38 bits per heavy atom. The van der Waals surface area contributed by atoms with E-state index in [1.807, 2.05) is 6.07 Å². The number of ether oxygens (including phenoxy) is 1. The highest BCUT2D eigenvalue weighted by Gasteiger charge is 2.41. The molecule has 1 aromatic heterocycles. The predicted molar refractivity (Wildman–Crippen MR) is 82.3 cm³/mol. The zero-order valence-corrected chi connectivity index (χ0v) is 13.4. The maximum atomic E-state index is 11.6. The van der Waals surface area contributed by atoms with Gasteiger partial charge >= 0.3 is 5.97 Å². The molecule has 1 aliphatic rings. The molecule has 1 N–H and O–H groups in total. The highest BCUT2D eigenvalue weighted by molar-refractivity contribution is 5.86. The average molecular weight is 293 g/mol. The minimum atomic E-state index is -0.410. The first-order valence-electron chi connectivity index (χ1n) is 8.08. The Labute approximate surface area is 127 Å². The maximum absolute atomic E-state index is 11.6. The number of hydrogen-bond acceptors (Lipinski definition) is 4. The topological polar surface area (TPSA) is 51.5 Å². The Morgan fingerprint density at radius 3 is 2.67 bits per heavy atom. The lowest BCUT2D eigenvalue weighted by Crippen LogP contribution is -2.36. The quantitative estimate of drug-likeness (QED) is 0.770. The number of nitrogens with one attached hydrogen (secondary N) is 1. The highest BCUT2D eigenvalue weighted by Crippen LogP contribution is 2.50. The van der Waals surface area contributed by atoms with Crippen LogP contribution in [0.3, 0.4) is 0 Å². The van der Waals surface area contributed by atoms with Crippen molar-refractivity contribution in [2.75, 3.05) is 13.7 Å². The van der Waals surface area contributed by atoms with E-state index >= 15 is 0 Å². The Hall–Kier alpha value is -1.29. The third-order valence-electron chi connectivity index (χ3n) is 4.81. The zero-order chi connectivity index (χ0) is 15.3. The summed E-state index contributed by atoms with van der Waals surface area (Å²) >= 11 is 0. The Morgan fingerprint density at radius 2 is 2.10 bits per heavy atom. The van der Waals surface area contributed by atoms with Crippen LogP contribution in [0.25, 0.3) is 0 Å². The normalized spacial score (nSPS) is 18.6. The number of furan rings is 1. The van der Waals surface area contributed by atoms with Crippen LogP contribution >= 0.6 is 0 Å². The first-order chi connectivity index (χ1) is 10.2. The fraction of sp³-hybridized carbons (Fsp3) is 0.706. The second-order valence-corrected chi connectivity index (χ2v) is 6.00. The van der Waals surface area contributed by atoms with Crippen LogP contribution in [0.15, 0.2) is 16.5 Å². The lowest BCUT2D eigenvalue weighted by Gasteiger charge is -2.36. The number of methoxy groups -OCH3 is 1. The summed E-state index contributed by atoms with van der Waals surface area (Å²) in [5.74, 6) is 0.750. The molecule has 0 aromatic carbocycles. The lowest BCUT2D eigenvalue weighted by molar-refractivity contribution is 0.0557. The molecule has 1 fully saturated rings. The van der Waals surface area contributed by atoms with E-state index in [0.29, 0.717) is 5.76 Å². The molecule has 1 saturated carbocycles. The van der Waals surface area contributed by atoms with Gasteiger partial charge in [-0.15, -0.1) is 0 Å². The van der Waals surface area contributed by atoms with Crippen LogP contribution in [-0.4, -0.2) is 19.6 Å². The van der Waals surface area contributed by atoms with Crippen molar-refractivity contribution in [1.82, 2.24) is 5.32 Å². The minimum Gasteiger partial charge on any atom is -0.463 e. The molecule has 0 amide bonds. The van der Waals surface area contributed by atoms with Crippen molar-refractivity contribution >= 4 is 5.97 Å². The second kappa shape index (κ2) is 7.12. The summed E-state index contributed by atoms with van der Waals surface area (Å²) in [7, 11) is 1.38. The highest BCUT2D eigenvalue weighted by atomic mass is 16.5. The Balaban J connectivity index is 2.26. The summed E-state index contributed by atoms with van der Waals surface area (Å²) < 4.78 is 10.5. The van der Waals surface area contributed by atoms with E-state index in [0.717, 1.165) is 25.1 Å². The van der Waals surface area contributed by atoms with Crippen LogP contribution in [-0.2, 0) is 4.74 Å². The van der Waals surface area contributed by atoms with Gasteiger partial charge in [-0.05, 0) is 49.8 Å². The standard InChI is InChI=1S/C17H27NO3/c1-4-12-18-15(17(5-2)10-6-7-11-17)13-8-9-14(21-13)16(19)20-3/h8-9,15,18H,4-7,10-12H2,1-3H3. The van der Waals surface area contributed by atoms with Crippen molar-refractivity contribution in [2.45, 2.75) is 58.4 Å². The predicted octanol–water partition coefficient (Wildman–Crippen LogP) is 4.08. The van der Waals surface area contributed by atoms with Crippen LogP contribution in [0.4, 0.5) is 0 Å². The molecule has 1 aliphatic carbocycles. The van der Waals surface area contributed by atoms with Crippen molar-refractivity contribution in [3.05, 3.63) is 23.7 Å². The first kappa shape index (κ1) is 16.1. The molecular weight excluding hydrogens is 266 g/mol. The van der Waals surface area contributed by atoms with Gasteiger partial charge in [0, 0.05) is 0 Å². The zero-order valence-electron chi connectivity index (χ0n) is 13.4. The van der Waals surface area contributed by atoms with Crippen LogP contribution in [0.2, 0.25) is 0 Å². The Kier molecular flexibility index (Phi) is 5.45. The molecule has 1 unspecified atom stereocenters. The van der Waals surface area contributed by atoms with Gasteiger partial charge in [0.15, 0.2) is 0 Å². The fourth-order valence-electron chi connectivity index (χ4n) is 3.55. The van der Waals surface area contributed by atoms with Gasteiger partial charge in [0.05, 0.1) is 13.2 Å². The molecular formula is C17H27NO3. The van der Waals surface area contributed by atoms with Gasteiger partial charge in [0.1, 0.15) is 5.76 Å². The van der Waals surface area contributed by atoms with Gasteiger partial charge in [0.25, 0.3) is 0 Å². The molecule has 118 valence electrons. The van der Waals surface area contributed by atoms with Crippen molar-refractivity contribution in [2.24, 2.45) is 5.41 Å². The smallest absolute Gasteiger partial charge is 0.373 e. The van der Waals surface area contributed by atoms with Crippen LogP contribution in [0, 0.1) is 5.41 Å². The van der Waals surface area contributed by atoms with Gasteiger partial charge in [-0.3, -0.25) is 0 Å². The lowest BCUT2D eigenvalue weighted by atomic mass is 9.75. The summed E-state index contributed by atoms with van der Waals surface area (Å²) in [6.45, 7) is 5.39. The third kappa shape index (κ3) is 3.31. The number of carbonyl (C=O) groups is 1. The van der Waals surface area contributed by atoms with E-state index < -0.39 is 5.97 Å². The molecule has 0 bridgehead atoms.